The molecule has 2 aliphatic heterocycles. The fourth-order valence-electron chi connectivity index (χ4n) is 6.62. The van der Waals surface area contributed by atoms with Crippen LogP contribution in [0.3, 0.4) is 0 Å². The summed E-state index contributed by atoms with van der Waals surface area (Å²) in [5, 5.41) is 22.6. The Morgan fingerprint density at radius 2 is 2.02 bits per heavy atom. The fraction of sp³-hybridized carbons (Fsp3) is 0.469. The molecule has 8 nitrogen and oxygen atoms in total. The highest BCUT2D eigenvalue weighted by atomic mass is 32.1. The molecule has 2 bridgehead atoms. The number of nitriles is 1. The molecule has 3 unspecified atom stereocenters. The second-order valence-electron chi connectivity index (χ2n) is 11.7. The number of hydrogen-bond acceptors (Lipinski definition) is 8. The van der Waals surface area contributed by atoms with Crippen LogP contribution < -0.4 is 9.64 Å². The van der Waals surface area contributed by atoms with E-state index in [1.807, 2.05) is 24.3 Å². The van der Waals surface area contributed by atoms with E-state index in [9.17, 15) is 15.2 Å². The SMILES string of the molecule is Cc1ccc(OCc2ccc(CN3CCOCC3C)cc2C#N)c(-c2csc(N3CC4CCC(C3)C4C(=O)O)n2)c1. The second-order valence-corrected chi connectivity index (χ2v) is 12.5. The number of fused-ring (bicyclic) bond motifs is 2. The van der Waals surface area contributed by atoms with E-state index in [-0.39, 0.29) is 24.4 Å². The number of carboxylic acid groups (broad SMARTS) is 1. The first-order valence-corrected chi connectivity index (χ1v) is 15.3. The molecule has 1 aromatic heterocycles. The number of nitrogens with zero attached hydrogens (tertiary/aromatic N) is 4. The molecule has 2 aromatic carbocycles. The lowest BCUT2D eigenvalue weighted by Gasteiger charge is -2.35. The lowest BCUT2D eigenvalue weighted by atomic mass is 9.85. The molecule has 0 spiro atoms. The molecular formula is C32H36N4O4S. The van der Waals surface area contributed by atoms with Crippen molar-refractivity contribution in [1.29, 1.82) is 5.26 Å². The van der Waals surface area contributed by atoms with Crippen LogP contribution in [0.5, 0.6) is 5.75 Å². The minimum Gasteiger partial charge on any atom is -0.488 e. The van der Waals surface area contributed by atoms with Gasteiger partial charge >= 0.3 is 5.97 Å². The molecule has 2 saturated heterocycles. The number of morpholine rings is 1. The number of aryl methyl sites for hydroxylation is 1. The molecule has 9 heteroatoms. The first kappa shape index (κ1) is 27.7. The molecule has 214 valence electrons. The number of rotatable bonds is 8. The minimum atomic E-state index is -0.653. The van der Waals surface area contributed by atoms with Gasteiger partial charge in [-0.1, -0.05) is 23.8 Å². The van der Waals surface area contributed by atoms with Crippen LogP contribution in [0.1, 0.15) is 42.0 Å². The molecule has 1 saturated carbocycles. The Labute approximate surface area is 245 Å². The summed E-state index contributed by atoms with van der Waals surface area (Å²) in [5.74, 6) is 0.230. The van der Waals surface area contributed by atoms with Crippen LogP contribution in [0.2, 0.25) is 0 Å². The molecule has 0 amide bonds. The maximum absolute atomic E-state index is 11.8. The van der Waals surface area contributed by atoms with Crippen molar-refractivity contribution in [3.63, 3.8) is 0 Å². The molecule has 3 heterocycles. The topological polar surface area (TPSA) is 98.9 Å². The standard InChI is InChI=1S/C32H36N4O4S/c1-20-3-8-29(40-18-25-5-4-22(12-26(25)13-33)14-35-9-10-39-17-21(35)2)27(11-20)28-19-41-32(34-28)36-15-23-6-7-24(16-36)30(23)31(37)38/h3-5,8,11-12,19,21,23-24,30H,6-7,9-10,14-18H2,1-2H3,(H,37,38). The Morgan fingerprint density at radius 1 is 1.22 bits per heavy atom. The van der Waals surface area contributed by atoms with Gasteiger partial charge in [0.25, 0.3) is 0 Å². The average Bonchev–Trinajstić information content (AvgIpc) is 3.56. The Bertz CT molecular complexity index is 1450. The number of aromatic nitrogens is 1. The molecule has 0 radical (unpaired) electrons. The summed E-state index contributed by atoms with van der Waals surface area (Å²) in [4.78, 5) is 21.4. The van der Waals surface area contributed by atoms with E-state index >= 15 is 0 Å². The number of aliphatic carboxylic acids is 1. The third-order valence-corrected chi connectivity index (χ3v) is 9.76. The van der Waals surface area contributed by atoms with Crippen molar-refractivity contribution in [2.75, 3.05) is 37.7 Å². The summed E-state index contributed by atoms with van der Waals surface area (Å²) < 4.78 is 11.9. The van der Waals surface area contributed by atoms with Gasteiger partial charge < -0.3 is 19.5 Å². The summed E-state index contributed by atoms with van der Waals surface area (Å²) in [6, 6.07) is 14.9. The number of hydrogen-bond donors (Lipinski definition) is 1. The Hall–Kier alpha value is -3.45. The van der Waals surface area contributed by atoms with E-state index in [2.05, 4.69) is 47.2 Å². The van der Waals surface area contributed by atoms with Crippen LogP contribution in [0.25, 0.3) is 11.3 Å². The molecule has 3 atom stereocenters. The largest absolute Gasteiger partial charge is 0.488 e. The first-order chi connectivity index (χ1) is 19.9. The van der Waals surface area contributed by atoms with Crippen LogP contribution in [-0.4, -0.2) is 59.8 Å². The maximum atomic E-state index is 11.8. The van der Waals surface area contributed by atoms with E-state index in [1.54, 1.807) is 11.3 Å². The summed E-state index contributed by atoms with van der Waals surface area (Å²) in [6.07, 6.45) is 1.95. The average molecular weight is 573 g/mol. The molecule has 1 N–H and O–H groups in total. The van der Waals surface area contributed by atoms with Gasteiger partial charge in [0.05, 0.1) is 36.5 Å². The van der Waals surface area contributed by atoms with E-state index in [0.717, 1.165) is 91.1 Å². The summed E-state index contributed by atoms with van der Waals surface area (Å²) in [7, 11) is 0. The van der Waals surface area contributed by atoms with Gasteiger partial charge in [-0.25, -0.2) is 4.98 Å². The lowest BCUT2D eigenvalue weighted by molar-refractivity contribution is -0.144. The lowest BCUT2D eigenvalue weighted by Crippen LogP contribution is -2.44. The summed E-state index contributed by atoms with van der Waals surface area (Å²) >= 11 is 1.60. The van der Waals surface area contributed by atoms with Gasteiger partial charge in [0.1, 0.15) is 12.4 Å². The number of carboxylic acids is 1. The quantitative estimate of drug-likeness (QED) is 0.386. The molecular weight excluding hydrogens is 536 g/mol. The zero-order valence-electron chi connectivity index (χ0n) is 23.6. The predicted octanol–water partition coefficient (Wildman–Crippen LogP) is 5.34. The van der Waals surface area contributed by atoms with Crippen molar-refractivity contribution in [3.05, 3.63) is 64.0 Å². The van der Waals surface area contributed by atoms with Crippen LogP contribution in [0.4, 0.5) is 5.13 Å². The Morgan fingerprint density at radius 3 is 2.76 bits per heavy atom. The number of benzene rings is 2. The highest BCUT2D eigenvalue weighted by Gasteiger charge is 2.46. The highest BCUT2D eigenvalue weighted by Crippen LogP contribution is 2.44. The summed E-state index contributed by atoms with van der Waals surface area (Å²) in [6.45, 7) is 9.17. The minimum absolute atomic E-state index is 0.189. The number of carbonyl (C=O) groups is 1. The van der Waals surface area contributed by atoms with E-state index in [1.165, 1.54) is 0 Å². The van der Waals surface area contributed by atoms with Gasteiger partial charge in [0.15, 0.2) is 5.13 Å². The van der Waals surface area contributed by atoms with Crippen molar-refractivity contribution in [1.82, 2.24) is 9.88 Å². The van der Waals surface area contributed by atoms with Crippen molar-refractivity contribution < 1.29 is 19.4 Å². The van der Waals surface area contributed by atoms with E-state index in [0.29, 0.717) is 11.6 Å². The monoisotopic (exact) mass is 572 g/mol. The molecule has 6 rings (SSSR count). The van der Waals surface area contributed by atoms with Gasteiger partial charge in [-0.15, -0.1) is 11.3 Å². The van der Waals surface area contributed by atoms with Crippen molar-refractivity contribution in [3.8, 4) is 23.1 Å². The fourth-order valence-corrected chi connectivity index (χ4v) is 7.47. The highest BCUT2D eigenvalue weighted by molar-refractivity contribution is 7.14. The van der Waals surface area contributed by atoms with Crippen LogP contribution in [0.15, 0.2) is 41.8 Å². The number of thiazole rings is 1. The zero-order valence-corrected chi connectivity index (χ0v) is 24.4. The number of anilines is 1. The summed E-state index contributed by atoms with van der Waals surface area (Å²) in [5.41, 5.74) is 5.49. The van der Waals surface area contributed by atoms with Crippen molar-refractivity contribution in [2.45, 2.75) is 45.9 Å². The van der Waals surface area contributed by atoms with Gasteiger partial charge in [-0.3, -0.25) is 9.69 Å². The van der Waals surface area contributed by atoms with E-state index in [4.69, 9.17) is 14.5 Å². The molecule has 1 aliphatic carbocycles. The van der Waals surface area contributed by atoms with Crippen LogP contribution in [-0.2, 0) is 22.7 Å². The molecule has 3 fully saturated rings. The van der Waals surface area contributed by atoms with Gasteiger partial charge in [0.2, 0.25) is 0 Å². The Kier molecular flexibility index (Phi) is 7.98. The zero-order chi connectivity index (χ0) is 28.5. The predicted molar refractivity (Wildman–Crippen MR) is 158 cm³/mol. The van der Waals surface area contributed by atoms with Crippen molar-refractivity contribution in [2.24, 2.45) is 17.8 Å². The third-order valence-electron chi connectivity index (χ3n) is 8.86. The smallest absolute Gasteiger partial charge is 0.307 e. The number of ether oxygens (including phenoxy) is 2. The normalized spacial score (nSPS) is 24.3. The Balaban J connectivity index is 1.17. The molecule has 41 heavy (non-hydrogen) atoms. The van der Waals surface area contributed by atoms with Crippen LogP contribution >= 0.6 is 11.3 Å². The van der Waals surface area contributed by atoms with Crippen LogP contribution in [0, 0.1) is 36.0 Å². The number of piperidine rings is 1. The van der Waals surface area contributed by atoms with E-state index < -0.39 is 5.97 Å². The van der Waals surface area contributed by atoms with Gasteiger partial charge in [-0.2, -0.15) is 5.26 Å². The first-order valence-electron chi connectivity index (χ1n) is 14.4. The molecule has 3 aliphatic rings. The maximum Gasteiger partial charge on any atom is 0.307 e. The molecule has 3 aromatic rings. The van der Waals surface area contributed by atoms with Gasteiger partial charge in [0, 0.05) is 48.7 Å². The van der Waals surface area contributed by atoms with Crippen molar-refractivity contribution >= 4 is 22.4 Å². The second kappa shape index (κ2) is 11.8. The van der Waals surface area contributed by atoms with Gasteiger partial charge in [-0.05, 0) is 62.3 Å². The third kappa shape index (κ3) is 5.82.